The minimum Gasteiger partial charge on any atom is -0.306 e. The van der Waals surface area contributed by atoms with Gasteiger partial charge in [-0.15, -0.1) is 11.3 Å². The Balaban J connectivity index is 1.92. The summed E-state index contributed by atoms with van der Waals surface area (Å²) in [7, 11) is 0. The molecule has 5 nitrogen and oxygen atoms in total. The van der Waals surface area contributed by atoms with Crippen molar-refractivity contribution in [3.8, 4) is 0 Å². The summed E-state index contributed by atoms with van der Waals surface area (Å²) in [5.74, 6) is 0. The maximum atomic E-state index is 4.69. The van der Waals surface area contributed by atoms with Crippen LogP contribution in [0.5, 0.6) is 0 Å². The van der Waals surface area contributed by atoms with Gasteiger partial charge in [-0.05, 0) is 44.1 Å². The molecule has 0 aliphatic carbocycles. The molecule has 0 bridgehead atoms. The van der Waals surface area contributed by atoms with Crippen LogP contribution in [0.2, 0.25) is 0 Å². The van der Waals surface area contributed by atoms with E-state index < -0.39 is 0 Å². The molecule has 1 N–H and O–H groups in total. The molecule has 106 valence electrons. The Hall–Kier alpha value is -0.960. The number of nitrogens with one attached hydrogen (secondary N) is 1. The van der Waals surface area contributed by atoms with Crippen LogP contribution in [0.3, 0.4) is 0 Å². The lowest BCUT2D eigenvalue weighted by Crippen LogP contribution is -2.35. The Bertz CT molecular complexity index is 692. The molecule has 0 saturated carbocycles. The topological polar surface area (TPSA) is 55.1 Å². The van der Waals surface area contributed by atoms with Crippen LogP contribution in [-0.4, -0.2) is 24.3 Å². The first-order valence-corrected chi connectivity index (χ1v) is 8.64. The number of fused-ring (bicyclic) bond motifs is 1. The van der Waals surface area contributed by atoms with Crippen LogP contribution in [0.25, 0.3) is 4.96 Å². The molecule has 0 aromatic carbocycles. The summed E-state index contributed by atoms with van der Waals surface area (Å²) in [6, 6.07) is 0. The zero-order chi connectivity index (χ0) is 14.2. The molecular formula is C12H15N5S3. The van der Waals surface area contributed by atoms with E-state index >= 15 is 0 Å². The van der Waals surface area contributed by atoms with Crippen LogP contribution in [0.15, 0.2) is 27.3 Å². The summed E-state index contributed by atoms with van der Waals surface area (Å²) in [5, 5.41) is 6.59. The van der Waals surface area contributed by atoms with Crippen molar-refractivity contribution in [1.29, 1.82) is 0 Å². The largest absolute Gasteiger partial charge is 0.306 e. The van der Waals surface area contributed by atoms with Crippen LogP contribution in [0.4, 0.5) is 0 Å². The van der Waals surface area contributed by atoms with Crippen molar-refractivity contribution in [1.82, 2.24) is 24.1 Å². The third-order valence-electron chi connectivity index (χ3n) is 2.64. The zero-order valence-electron chi connectivity index (χ0n) is 11.5. The van der Waals surface area contributed by atoms with E-state index in [-0.39, 0.29) is 5.54 Å². The maximum absolute atomic E-state index is 4.69. The van der Waals surface area contributed by atoms with Crippen molar-refractivity contribution in [3.63, 3.8) is 0 Å². The fourth-order valence-electron chi connectivity index (χ4n) is 1.69. The molecule has 3 aromatic rings. The first-order valence-electron chi connectivity index (χ1n) is 6.17. The number of rotatable bonds is 4. The van der Waals surface area contributed by atoms with Gasteiger partial charge in [0, 0.05) is 23.7 Å². The zero-order valence-corrected chi connectivity index (χ0v) is 13.9. The molecular weight excluding hydrogens is 310 g/mol. The Kier molecular flexibility index (Phi) is 3.80. The Morgan fingerprint density at radius 3 is 2.95 bits per heavy atom. The van der Waals surface area contributed by atoms with Crippen molar-refractivity contribution >= 4 is 39.6 Å². The highest BCUT2D eigenvalue weighted by Crippen LogP contribution is 2.32. The van der Waals surface area contributed by atoms with E-state index in [1.54, 1.807) is 29.4 Å². The molecule has 3 rings (SSSR count). The second-order valence-electron chi connectivity index (χ2n) is 5.33. The van der Waals surface area contributed by atoms with Gasteiger partial charge in [0.15, 0.2) is 9.30 Å². The summed E-state index contributed by atoms with van der Waals surface area (Å²) < 4.78 is 7.11. The lowest BCUT2D eigenvalue weighted by atomic mass is 10.1. The van der Waals surface area contributed by atoms with Gasteiger partial charge in [-0.3, -0.25) is 4.40 Å². The summed E-state index contributed by atoms with van der Waals surface area (Å²) in [4.78, 5) is 9.93. The summed E-state index contributed by atoms with van der Waals surface area (Å²) in [6.07, 6.45) is 3.65. The Labute approximate surface area is 129 Å². The van der Waals surface area contributed by atoms with Gasteiger partial charge < -0.3 is 5.32 Å². The average Bonchev–Trinajstić information content (AvgIpc) is 3.03. The molecule has 0 aliphatic rings. The monoisotopic (exact) mass is 325 g/mol. The van der Waals surface area contributed by atoms with Crippen LogP contribution in [-0.2, 0) is 6.54 Å². The third-order valence-corrected chi connectivity index (χ3v) is 5.13. The first kappa shape index (κ1) is 14.0. The van der Waals surface area contributed by atoms with Gasteiger partial charge in [0.05, 0.1) is 5.69 Å². The molecule has 0 saturated heterocycles. The minimum atomic E-state index is 0.0743. The van der Waals surface area contributed by atoms with Crippen LogP contribution in [0.1, 0.15) is 26.5 Å². The van der Waals surface area contributed by atoms with Crippen LogP contribution in [0, 0.1) is 0 Å². The second-order valence-corrected chi connectivity index (χ2v) is 8.22. The van der Waals surface area contributed by atoms with Crippen molar-refractivity contribution in [2.24, 2.45) is 0 Å². The summed E-state index contributed by atoms with van der Waals surface area (Å²) >= 11 is 4.63. The molecule has 20 heavy (non-hydrogen) atoms. The second kappa shape index (κ2) is 5.44. The number of hydrogen-bond acceptors (Lipinski definition) is 7. The molecule has 3 heterocycles. The normalized spacial score (nSPS) is 12.3. The third kappa shape index (κ3) is 3.03. The number of nitrogens with zero attached hydrogens (tertiary/aromatic N) is 4. The highest BCUT2D eigenvalue weighted by molar-refractivity contribution is 8.00. The van der Waals surface area contributed by atoms with Gasteiger partial charge in [0.1, 0.15) is 11.4 Å². The van der Waals surface area contributed by atoms with Gasteiger partial charge in [-0.2, -0.15) is 4.37 Å². The molecule has 0 atom stereocenters. The molecule has 0 unspecified atom stereocenters. The molecule has 3 aromatic heterocycles. The van der Waals surface area contributed by atoms with Gasteiger partial charge in [-0.25, -0.2) is 9.97 Å². The van der Waals surface area contributed by atoms with E-state index in [4.69, 9.17) is 4.98 Å². The highest BCUT2D eigenvalue weighted by atomic mass is 32.2. The smallest absolute Gasteiger partial charge is 0.194 e. The standard InChI is InChI=1S/C12H15N5S3/c1-12(2,3)14-6-8-9(19-11-13-7-15-20-11)16-10-17(8)4-5-18-10/h4-5,7,14H,6H2,1-3H3. The summed E-state index contributed by atoms with van der Waals surface area (Å²) in [5.41, 5.74) is 1.25. The highest BCUT2D eigenvalue weighted by Gasteiger charge is 2.18. The predicted octanol–water partition coefficient (Wildman–Crippen LogP) is 3.29. The van der Waals surface area contributed by atoms with Crippen molar-refractivity contribution < 1.29 is 0 Å². The minimum absolute atomic E-state index is 0.0743. The van der Waals surface area contributed by atoms with Gasteiger partial charge in [0.25, 0.3) is 0 Å². The van der Waals surface area contributed by atoms with Crippen molar-refractivity contribution in [2.75, 3.05) is 0 Å². The van der Waals surface area contributed by atoms with E-state index in [9.17, 15) is 0 Å². The SMILES string of the molecule is CC(C)(C)NCc1c(Sc2ncns2)nc2sccn12. The number of aromatic nitrogens is 4. The molecule has 0 spiro atoms. The van der Waals surface area contributed by atoms with E-state index in [0.29, 0.717) is 0 Å². The Morgan fingerprint density at radius 2 is 2.25 bits per heavy atom. The average molecular weight is 325 g/mol. The lowest BCUT2D eigenvalue weighted by Gasteiger charge is -2.20. The number of imidazole rings is 1. The lowest BCUT2D eigenvalue weighted by molar-refractivity contribution is 0.418. The number of thiazole rings is 1. The predicted molar refractivity (Wildman–Crippen MR) is 83.7 cm³/mol. The van der Waals surface area contributed by atoms with E-state index in [1.165, 1.54) is 17.2 Å². The van der Waals surface area contributed by atoms with Crippen molar-refractivity contribution in [3.05, 3.63) is 23.6 Å². The van der Waals surface area contributed by atoms with E-state index in [0.717, 1.165) is 20.9 Å². The van der Waals surface area contributed by atoms with E-state index in [1.807, 2.05) is 0 Å². The quantitative estimate of drug-likeness (QED) is 0.798. The Morgan fingerprint density at radius 1 is 1.40 bits per heavy atom. The fraction of sp³-hybridized carbons (Fsp3) is 0.417. The van der Waals surface area contributed by atoms with Crippen LogP contribution >= 0.6 is 34.6 Å². The number of hydrogen-bond donors (Lipinski definition) is 1. The maximum Gasteiger partial charge on any atom is 0.194 e. The van der Waals surface area contributed by atoms with Gasteiger partial charge >= 0.3 is 0 Å². The van der Waals surface area contributed by atoms with Gasteiger partial charge in [0.2, 0.25) is 0 Å². The first-order chi connectivity index (χ1) is 9.53. The fourth-order valence-corrected chi connectivity index (χ4v) is 3.96. The summed E-state index contributed by atoms with van der Waals surface area (Å²) in [6.45, 7) is 7.27. The molecule has 0 fully saturated rings. The van der Waals surface area contributed by atoms with Gasteiger partial charge in [-0.1, -0.05) is 0 Å². The van der Waals surface area contributed by atoms with Crippen LogP contribution < -0.4 is 5.32 Å². The molecule has 0 radical (unpaired) electrons. The molecule has 0 aliphatic heterocycles. The molecule has 8 heteroatoms. The van der Waals surface area contributed by atoms with E-state index in [2.05, 4.69) is 51.4 Å². The molecule has 0 amide bonds. The van der Waals surface area contributed by atoms with Crippen molar-refractivity contribution in [2.45, 2.75) is 42.2 Å².